The van der Waals surface area contributed by atoms with Crippen LogP contribution in [0.4, 0.5) is 0 Å². The molecule has 2 aromatic carbocycles. The molecule has 1 atom stereocenters. The largest absolute Gasteiger partial charge is 0.328 e. The van der Waals surface area contributed by atoms with Crippen LogP contribution >= 0.6 is 0 Å². The minimum atomic E-state index is 0.273. The Morgan fingerprint density at radius 3 is 2.57 bits per heavy atom. The second-order valence-corrected chi connectivity index (χ2v) is 6.31. The molecule has 2 heteroatoms. The number of hydrogen-bond acceptors (Lipinski definition) is 1. The standard InChI is InChI=1S/C19H23NO/c1-20(16-10-3-2-4-11-16)14-19(21)18-13-7-9-15-8-5-6-12-17(15)18/h5-9,12-13,16H,2-4,10-11,14H2,1H3/p+1. The lowest BCUT2D eigenvalue weighted by atomic mass is 9.94. The molecular formula is C19H24NO+. The van der Waals surface area contributed by atoms with E-state index >= 15 is 0 Å². The van der Waals surface area contributed by atoms with Gasteiger partial charge in [0.2, 0.25) is 5.78 Å². The van der Waals surface area contributed by atoms with Gasteiger partial charge in [-0.25, -0.2) is 0 Å². The van der Waals surface area contributed by atoms with E-state index in [-0.39, 0.29) is 5.78 Å². The molecule has 1 N–H and O–H groups in total. The van der Waals surface area contributed by atoms with Gasteiger partial charge < -0.3 is 4.90 Å². The van der Waals surface area contributed by atoms with Gasteiger partial charge in [0.15, 0.2) is 0 Å². The summed E-state index contributed by atoms with van der Waals surface area (Å²) >= 11 is 0. The van der Waals surface area contributed by atoms with E-state index in [0.29, 0.717) is 12.6 Å². The molecule has 0 saturated heterocycles. The lowest BCUT2D eigenvalue weighted by Crippen LogP contribution is -3.14. The van der Waals surface area contributed by atoms with E-state index in [1.54, 1.807) is 0 Å². The molecule has 2 aromatic rings. The Hall–Kier alpha value is -1.67. The van der Waals surface area contributed by atoms with Crippen LogP contribution in [0.2, 0.25) is 0 Å². The Labute approximate surface area is 126 Å². The molecule has 110 valence electrons. The lowest BCUT2D eigenvalue weighted by molar-refractivity contribution is -0.898. The summed E-state index contributed by atoms with van der Waals surface area (Å²) in [5.74, 6) is 0.273. The van der Waals surface area contributed by atoms with Gasteiger partial charge in [-0.05, 0) is 36.5 Å². The fraction of sp³-hybridized carbons (Fsp3) is 0.421. The molecule has 1 unspecified atom stereocenters. The number of ketones is 1. The highest BCUT2D eigenvalue weighted by molar-refractivity contribution is 6.08. The highest BCUT2D eigenvalue weighted by atomic mass is 16.1. The Morgan fingerprint density at radius 2 is 1.76 bits per heavy atom. The van der Waals surface area contributed by atoms with E-state index in [1.165, 1.54) is 37.0 Å². The van der Waals surface area contributed by atoms with Crippen molar-refractivity contribution in [1.82, 2.24) is 0 Å². The van der Waals surface area contributed by atoms with Crippen molar-refractivity contribution in [2.45, 2.75) is 38.1 Å². The van der Waals surface area contributed by atoms with E-state index in [9.17, 15) is 4.79 Å². The highest BCUT2D eigenvalue weighted by Gasteiger charge is 2.24. The van der Waals surface area contributed by atoms with Crippen molar-refractivity contribution >= 4 is 16.6 Å². The van der Waals surface area contributed by atoms with Crippen molar-refractivity contribution in [3.8, 4) is 0 Å². The molecular weight excluding hydrogens is 258 g/mol. The molecule has 0 radical (unpaired) electrons. The fourth-order valence-electron chi connectivity index (χ4n) is 3.56. The second-order valence-electron chi connectivity index (χ2n) is 6.31. The number of carbonyl (C=O) groups excluding carboxylic acids is 1. The molecule has 0 spiro atoms. The van der Waals surface area contributed by atoms with Crippen molar-refractivity contribution in [3.05, 3.63) is 48.0 Å². The maximum Gasteiger partial charge on any atom is 0.217 e. The molecule has 1 saturated carbocycles. The summed E-state index contributed by atoms with van der Waals surface area (Å²) in [6.07, 6.45) is 6.55. The first-order valence-electron chi connectivity index (χ1n) is 8.09. The van der Waals surface area contributed by atoms with Crippen molar-refractivity contribution in [2.24, 2.45) is 0 Å². The van der Waals surface area contributed by atoms with E-state index in [2.05, 4.69) is 25.2 Å². The molecule has 1 aliphatic carbocycles. The van der Waals surface area contributed by atoms with Crippen LogP contribution in [0, 0.1) is 0 Å². The van der Waals surface area contributed by atoms with Gasteiger partial charge in [0, 0.05) is 5.56 Å². The first-order valence-corrected chi connectivity index (χ1v) is 8.09. The number of likely N-dealkylation sites (N-methyl/N-ethyl adjacent to an activating group) is 1. The predicted molar refractivity (Wildman–Crippen MR) is 86.9 cm³/mol. The molecule has 0 bridgehead atoms. The molecule has 3 rings (SSSR count). The number of nitrogens with one attached hydrogen (secondary N) is 1. The Kier molecular flexibility index (Phi) is 4.35. The monoisotopic (exact) mass is 282 g/mol. The van der Waals surface area contributed by atoms with Gasteiger partial charge in [0.25, 0.3) is 0 Å². The van der Waals surface area contributed by atoms with Crippen LogP contribution in [-0.2, 0) is 0 Å². The normalized spacial score (nSPS) is 17.8. The summed E-state index contributed by atoms with van der Waals surface area (Å²) in [7, 11) is 2.18. The number of benzene rings is 2. The van der Waals surface area contributed by atoms with Crippen molar-refractivity contribution in [2.75, 3.05) is 13.6 Å². The molecule has 21 heavy (non-hydrogen) atoms. The van der Waals surface area contributed by atoms with Gasteiger partial charge in [-0.2, -0.15) is 0 Å². The van der Waals surface area contributed by atoms with Gasteiger partial charge in [-0.15, -0.1) is 0 Å². The quantitative estimate of drug-likeness (QED) is 0.856. The molecule has 0 aliphatic heterocycles. The van der Waals surface area contributed by atoms with Crippen LogP contribution in [0.1, 0.15) is 42.5 Å². The van der Waals surface area contributed by atoms with Crippen molar-refractivity contribution in [1.29, 1.82) is 0 Å². The summed E-state index contributed by atoms with van der Waals surface area (Å²) < 4.78 is 0. The number of Topliss-reactive ketones (excluding diaryl/α,β-unsaturated/α-hetero) is 1. The average Bonchev–Trinajstić information content (AvgIpc) is 2.55. The van der Waals surface area contributed by atoms with Gasteiger partial charge in [-0.3, -0.25) is 4.79 Å². The van der Waals surface area contributed by atoms with Crippen LogP contribution in [0.3, 0.4) is 0 Å². The number of rotatable bonds is 4. The maximum atomic E-state index is 12.7. The average molecular weight is 282 g/mol. The lowest BCUT2D eigenvalue weighted by Gasteiger charge is -2.27. The zero-order valence-corrected chi connectivity index (χ0v) is 12.8. The minimum Gasteiger partial charge on any atom is -0.328 e. The van der Waals surface area contributed by atoms with E-state index < -0.39 is 0 Å². The number of hydrogen-bond donors (Lipinski definition) is 1. The van der Waals surface area contributed by atoms with Gasteiger partial charge in [-0.1, -0.05) is 48.9 Å². The second kappa shape index (κ2) is 6.40. The smallest absolute Gasteiger partial charge is 0.217 e. The molecule has 2 nitrogen and oxygen atoms in total. The van der Waals surface area contributed by atoms with Gasteiger partial charge in [0.05, 0.1) is 13.1 Å². The third-order valence-electron chi connectivity index (χ3n) is 4.83. The molecule has 0 amide bonds. The Morgan fingerprint density at radius 1 is 1.05 bits per heavy atom. The number of carbonyl (C=O) groups is 1. The first-order chi connectivity index (χ1) is 10.3. The first kappa shape index (κ1) is 14.3. The summed E-state index contributed by atoms with van der Waals surface area (Å²) in [6, 6.07) is 14.9. The van der Waals surface area contributed by atoms with Crippen LogP contribution in [0.15, 0.2) is 42.5 Å². The zero-order valence-electron chi connectivity index (χ0n) is 12.8. The van der Waals surface area contributed by atoms with Crippen LogP contribution in [0.5, 0.6) is 0 Å². The predicted octanol–water partition coefficient (Wildman–Crippen LogP) is 2.87. The SMILES string of the molecule is C[NH+](CC(=O)c1cccc2ccccc12)C1CCCCC1. The van der Waals surface area contributed by atoms with Crippen LogP contribution < -0.4 is 4.90 Å². The summed E-state index contributed by atoms with van der Waals surface area (Å²) in [5.41, 5.74) is 0.878. The summed E-state index contributed by atoms with van der Waals surface area (Å²) in [5, 5.41) is 2.24. The Balaban J connectivity index is 1.77. The van der Waals surface area contributed by atoms with Crippen molar-refractivity contribution in [3.63, 3.8) is 0 Å². The minimum absolute atomic E-state index is 0.273. The third kappa shape index (κ3) is 3.16. The third-order valence-corrected chi connectivity index (χ3v) is 4.83. The Bertz CT molecular complexity index is 623. The van der Waals surface area contributed by atoms with Gasteiger partial charge >= 0.3 is 0 Å². The summed E-state index contributed by atoms with van der Waals surface area (Å²) in [6.45, 7) is 0.610. The topological polar surface area (TPSA) is 21.5 Å². The number of quaternary nitrogens is 1. The van der Waals surface area contributed by atoms with Crippen LogP contribution in [0.25, 0.3) is 10.8 Å². The molecule has 0 heterocycles. The zero-order chi connectivity index (χ0) is 14.7. The van der Waals surface area contributed by atoms with Crippen molar-refractivity contribution < 1.29 is 9.69 Å². The number of fused-ring (bicyclic) bond motifs is 1. The van der Waals surface area contributed by atoms with E-state index in [1.807, 2.05) is 24.3 Å². The fourth-order valence-corrected chi connectivity index (χ4v) is 3.56. The maximum absolute atomic E-state index is 12.7. The van der Waals surface area contributed by atoms with Crippen LogP contribution in [-0.4, -0.2) is 25.4 Å². The molecule has 1 fully saturated rings. The van der Waals surface area contributed by atoms with Gasteiger partial charge in [0.1, 0.15) is 6.54 Å². The highest BCUT2D eigenvalue weighted by Crippen LogP contribution is 2.19. The molecule has 0 aromatic heterocycles. The summed E-state index contributed by atoms with van der Waals surface area (Å²) in [4.78, 5) is 14.1. The molecule has 1 aliphatic rings. The van der Waals surface area contributed by atoms with E-state index in [4.69, 9.17) is 0 Å². The van der Waals surface area contributed by atoms with E-state index in [0.717, 1.165) is 16.3 Å².